The number of carboxylic acids is 1. The molecule has 0 spiro atoms. The van der Waals surface area contributed by atoms with E-state index in [1.807, 2.05) is 0 Å². The highest BCUT2D eigenvalue weighted by Gasteiger charge is 2.18. The lowest BCUT2D eigenvalue weighted by Gasteiger charge is -2.11. The number of carbonyl (C=O) groups excluding carboxylic acids is 1. The van der Waals surface area contributed by atoms with E-state index >= 15 is 0 Å². The molecule has 1 amide bonds. The van der Waals surface area contributed by atoms with Gasteiger partial charge in [-0.05, 0) is 36.8 Å². The average Bonchev–Trinajstić information content (AvgIpc) is 2.41. The van der Waals surface area contributed by atoms with E-state index in [9.17, 15) is 14.7 Å². The van der Waals surface area contributed by atoms with Gasteiger partial charge in [0.2, 0.25) is 0 Å². The first-order valence-corrected chi connectivity index (χ1v) is 6.75. The molecule has 0 saturated carbocycles. The monoisotopic (exact) mass is 323 g/mol. The summed E-state index contributed by atoms with van der Waals surface area (Å²) in [6.07, 6.45) is 0. The number of hydrogen-bond acceptors (Lipinski definition) is 2. The van der Waals surface area contributed by atoms with Crippen LogP contribution in [0.5, 0.6) is 0 Å². The summed E-state index contributed by atoms with van der Waals surface area (Å²) < 4.78 is 0. The number of halogens is 2. The molecule has 0 heterocycles. The highest BCUT2D eigenvalue weighted by atomic mass is 35.5. The third-order valence-electron chi connectivity index (χ3n) is 2.99. The predicted octanol–water partition coefficient (Wildman–Crippen LogP) is 4.25. The van der Waals surface area contributed by atoms with Crippen LogP contribution in [0.2, 0.25) is 10.0 Å². The number of amides is 1. The van der Waals surface area contributed by atoms with Gasteiger partial charge in [-0.1, -0.05) is 35.3 Å². The molecule has 0 aliphatic heterocycles. The van der Waals surface area contributed by atoms with Crippen LogP contribution >= 0.6 is 23.2 Å². The molecule has 2 N–H and O–H groups in total. The first-order chi connectivity index (χ1) is 9.91. The van der Waals surface area contributed by atoms with Gasteiger partial charge in [0.15, 0.2) is 0 Å². The summed E-state index contributed by atoms with van der Waals surface area (Å²) in [4.78, 5) is 23.5. The van der Waals surface area contributed by atoms with E-state index in [1.165, 1.54) is 12.1 Å². The Bertz CT molecular complexity index is 729. The second-order valence-electron chi connectivity index (χ2n) is 4.33. The van der Waals surface area contributed by atoms with Gasteiger partial charge in [0.05, 0.1) is 10.7 Å². The molecule has 2 aromatic carbocycles. The molecule has 0 bridgehead atoms. The molecule has 0 unspecified atom stereocenters. The zero-order valence-corrected chi connectivity index (χ0v) is 12.5. The van der Waals surface area contributed by atoms with Crippen LogP contribution < -0.4 is 5.32 Å². The van der Waals surface area contributed by atoms with Gasteiger partial charge in [0, 0.05) is 10.6 Å². The standard InChI is InChI=1S/C15H11Cl2NO3/c1-8-9(4-2-5-10(8)16)14(19)18-12-7-3-6-11(17)13(12)15(20)21/h2-7H,1H3,(H,18,19)(H,20,21). The number of carbonyl (C=O) groups is 2. The fourth-order valence-corrected chi connectivity index (χ4v) is 2.32. The molecule has 21 heavy (non-hydrogen) atoms. The first kappa shape index (κ1) is 15.4. The molecule has 0 aliphatic rings. The number of rotatable bonds is 3. The molecule has 4 nitrogen and oxygen atoms in total. The van der Waals surface area contributed by atoms with Crippen molar-refractivity contribution in [3.8, 4) is 0 Å². The molecular formula is C15H11Cl2NO3. The summed E-state index contributed by atoms with van der Waals surface area (Å²) in [5, 5.41) is 12.2. The van der Waals surface area contributed by atoms with Crippen molar-refractivity contribution in [1.29, 1.82) is 0 Å². The highest BCUT2D eigenvalue weighted by Crippen LogP contribution is 2.26. The Labute approximate surface area is 131 Å². The number of aromatic carboxylic acids is 1. The SMILES string of the molecule is Cc1c(Cl)cccc1C(=O)Nc1cccc(Cl)c1C(=O)O. The van der Waals surface area contributed by atoms with Crippen LogP contribution in [0.25, 0.3) is 0 Å². The molecule has 6 heteroatoms. The van der Waals surface area contributed by atoms with Crippen molar-refractivity contribution in [1.82, 2.24) is 0 Å². The van der Waals surface area contributed by atoms with E-state index < -0.39 is 11.9 Å². The minimum atomic E-state index is -1.21. The van der Waals surface area contributed by atoms with Crippen molar-refractivity contribution in [2.75, 3.05) is 5.32 Å². The summed E-state index contributed by atoms with van der Waals surface area (Å²) in [7, 11) is 0. The fraction of sp³-hybridized carbons (Fsp3) is 0.0667. The molecule has 0 saturated heterocycles. The summed E-state index contributed by atoms with van der Waals surface area (Å²) in [5.41, 5.74) is 0.987. The van der Waals surface area contributed by atoms with E-state index in [4.69, 9.17) is 23.2 Å². The minimum absolute atomic E-state index is 0.0584. The number of anilines is 1. The van der Waals surface area contributed by atoms with E-state index in [-0.39, 0.29) is 16.3 Å². The maximum Gasteiger partial charge on any atom is 0.339 e. The Balaban J connectivity index is 2.39. The van der Waals surface area contributed by atoms with Gasteiger partial charge in [-0.25, -0.2) is 4.79 Å². The lowest BCUT2D eigenvalue weighted by Crippen LogP contribution is -2.16. The smallest absolute Gasteiger partial charge is 0.339 e. The maximum atomic E-state index is 12.3. The van der Waals surface area contributed by atoms with Gasteiger partial charge in [-0.2, -0.15) is 0 Å². The number of carboxylic acid groups (broad SMARTS) is 1. The normalized spacial score (nSPS) is 10.2. The van der Waals surface area contributed by atoms with Gasteiger partial charge >= 0.3 is 5.97 Å². The van der Waals surface area contributed by atoms with Crippen LogP contribution in [0.3, 0.4) is 0 Å². The lowest BCUT2D eigenvalue weighted by molar-refractivity contribution is 0.0698. The largest absolute Gasteiger partial charge is 0.478 e. The predicted molar refractivity (Wildman–Crippen MR) is 82.6 cm³/mol. The summed E-state index contributed by atoms with van der Waals surface area (Å²) >= 11 is 11.8. The first-order valence-electron chi connectivity index (χ1n) is 6.00. The Morgan fingerprint density at radius 1 is 1.05 bits per heavy atom. The lowest BCUT2D eigenvalue weighted by atomic mass is 10.1. The summed E-state index contributed by atoms with van der Waals surface area (Å²) in [5.74, 6) is -1.65. The zero-order valence-electron chi connectivity index (χ0n) is 11.0. The minimum Gasteiger partial charge on any atom is -0.478 e. The third-order valence-corrected chi connectivity index (χ3v) is 3.71. The van der Waals surface area contributed by atoms with Gasteiger partial charge in [-0.3, -0.25) is 4.79 Å². The molecular weight excluding hydrogens is 313 g/mol. The van der Waals surface area contributed by atoms with Crippen LogP contribution in [0.1, 0.15) is 26.3 Å². The number of nitrogens with one attached hydrogen (secondary N) is 1. The van der Waals surface area contributed by atoms with Crippen LogP contribution in [0.15, 0.2) is 36.4 Å². The van der Waals surface area contributed by atoms with E-state index in [2.05, 4.69) is 5.32 Å². The maximum absolute atomic E-state index is 12.3. The number of benzene rings is 2. The number of hydrogen-bond donors (Lipinski definition) is 2. The van der Waals surface area contributed by atoms with Crippen molar-refractivity contribution in [3.05, 3.63) is 63.1 Å². The second-order valence-corrected chi connectivity index (χ2v) is 5.15. The van der Waals surface area contributed by atoms with Crippen LogP contribution in [0, 0.1) is 6.92 Å². The van der Waals surface area contributed by atoms with Gasteiger partial charge in [0.25, 0.3) is 5.91 Å². The quantitative estimate of drug-likeness (QED) is 0.887. The van der Waals surface area contributed by atoms with Gasteiger partial charge in [-0.15, -0.1) is 0 Å². The summed E-state index contributed by atoms with van der Waals surface area (Å²) in [6.45, 7) is 1.72. The second kappa shape index (κ2) is 6.16. The Morgan fingerprint density at radius 2 is 1.67 bits per heavy atom. The van der Waals surface area contributed by atoms with Crippen molar-refractivity contribution >= 4 is 40.8 Å². The van der Waals surface area contributed by atoms with E-state index in [1.54, 1.807) is 31.2 Å². The molecule has 2 rings (SSSR count). The van der Waals surface area contributed by atoms with Gasteiger partial charge < -0.3 is 10.4 Å². The summed E-state index contributed by atoms with van der Waals surface area (Å²) in [6, 6.07) is 9.44. The molecule has 0 aromatic heterocycles. The Morgan fingerprint density at radius 3 is 2.33 bits per heavy atom. The van der Waals surface area contributed by atoms with Crippen molar-refractivity contribution in [3.63, 3.8) is 0 Å². The molecule has 0 atom stereocenters. The molecule has 0 fully saturated rings. The van der Waals surface area contributed by atoms with E-state index in [0.717, 1.165) is 0 Å². The molecule has 2 aromatic rings. The Hall–Kier alpha value is -2.04. The topological polar surface area (TPSA) is 66.4 Å². The van der Waals surface area contributed by atoms with Gasteiger partial charge in [0.1, 0.15) is 5.56 Å². The average molecular weight is 324 g/mol. The van der Waals surface area contributed by atoms with Crippen molar-refractivity contribution in [2.45, 2.75) is 6.92 Å². The fourth-order valence-electron chi connectivity index (χ4n) is 1.89. The zero-order chi connectivity index (χ0) is 15.6. The van der Waals surface area contributed by atoms with Crippen LogP contribution in [-0.4, -0.2) is 17.0 Å². The van der Waals surface area contributed by atoms with Crippen LogP contribution in [-0.2, 0) is 0 Å². The molecule has 0 aliphatic carbocycles. The molecule has 108 valence electrons. The molecule has 0 radical (unpaired) electrons. The van der Waals surface area contributed by atoms with Crippen molar-refractivity contribution in [2.24, 2.45) is 0 Å². The third kappa shape index (κ3) is 3.17. The van der Waals surface area contributed by atoms with Crippen LogP contribution in [0.4, 0.5) is 5.69 Å². The van der Waals surface area contributed by atoms with E-state index in [0.29, 0.717) is 16.1 Å². The van der Waals surface area contributed by atoms with Crippen molar-refractivity contribution < 1.29 is 14.7 Å². The highest BCUT2D eigenvalue weighted by molar-refractivity contribution is 6.34. The Kier molecular flexibility index (Phi) is 4.50.